The Hall–Kier alpha value is -3.60. The van der Waals surface area contributed by atoms with Crippen molar-refractivity contribution < 1.29 is 14.3 Å². The molecule has 3 aromatic rings. The van der Waals surface area contributed by atoms with Crippen LogP contribution in [0.25, 0.3) is 0 Å². The lowest BCUT2D eigenvalue weighted by Crippen LogP contribution is -2.32. The van der Waals surface area contributed by atoms with Gasteiger partial charge in [-0.25, -0.2) is 0 Å². The van der Waals surface area contributed by atoms with Gasteiger partial charge in [0.25, 0.3) is 11.8 Å². The van der Waals surface area contributed by atoms with Crippen LogP contribution in [0, 0.1) is 0 Å². The molecule has 0 bridgehead atoms. The average molecular weight is 400 g/mol. The van der Waals surface area contributed by atoms with Crippen LogP contribution in [0.4, 0.5) is 0 Å². The first-order valence-corrected chi connectivity index (χ1v) is 10.1. The van der Waals surface area contributed by atoms with Crippen molar-refractivity contribution in [3.8, 4) is 11.5 Å². The van der Waals surface area contributed by atoms with Crippen molar-refractivity contribution in [2.75, 3.05) is 7.05 Å². The van der Waals surface area contributed by atoms with Crippen molar-refractivity contribution in [3.05, 3.63) is 95.6 Å². The third-order valence-corrected chi connectivity index (χ3v) is 5.12. The Morgan fingerprint density at radius 1 is 0.867 bits per heavy atom. The van der Waals surface area contributed by atoms with Gasteiger partial charge < -0.3 is 15.0 Å². The first-order chi connectivity index (χ1) is 14.6. The summed E-state index contributed by atoms with van der Waals surface area (Å²) in [5.74, 6) is 1.35. The molecule has 1 aliphatic carbocycles. The standard InChI is InChI=1S/C25H24N2O3/c1-26-24(28)19-9-7-18(8-10-19)17-27(21-13-14-21)25(29)20-11-15-23(16-12-20)30-22-5-3-2-4-6-22/h2-12,15-16,21H,13-14,17H2,1H3,(H,26,28). The highest BCUT2D eigenvalue weighted by Crippen LogP contribution is 2.30. The third kappa shape index (κ3) is 4.69. The lowest BCUT2D eigenvalue weighted by Gasteiger charge is -2.23. The molecule has 0 radical (unpaired) electrons. The lowest BCUT2D eigenvalue weighted by molar-refractivity contribution is 0.0729. The molecule has 0 aromatic heterocycles. The van der Waals surface area contributed by atoms with E-state index < -0.39 is 0 Å². The summed E-state index contributed by atoms with van der Waals surface area (Å²) in [6.07, 6.45) is 2.05. The minimum atomic E-state index is -0.116. The van der Waals surface area contributed by atoms with Crippen LogP contribution < -0.4 is 10.1 Å². The summed E-state index contributed by atoms with van der Waals surface area (Å²) in [4.78, 5) is 26.8. The van der Waals surface area contributed by atoms with Crippen LogP contribution in [-0.2, 0) is 6.54 Å². The number of carbonyl (C=O) groups excluding carboxylic acids is 2. The SMILES string of the molecule is CNC(=O)c1ccc(CN(C(=O)c2ccc(Oc3ccccc3)cc2)C2CC2)cc1. The van der Waals surface area contributed by atoms with E-state index >= 15 is 0 Å². The van der Waals surface area contributed by atoms with E-state index in [1.807, 2.05) is 71.6 Å². The third-order valence-electron chi connectivity index (χ3n) is 5.12. The molecule has 1 saturated carbocycles. The Balaban J connectivity index is 1.45. The maximum absolute atomic E-state index is 13.1. The van der Waals surface area contributed by atoms with Crippen molar-refractivity contribution in [3.63, 3.8) is 0 Å². The minimum Gasteiger partial charge on any atom is -0.457 e. The van der Waals surface area contributed by atoms with Gasteiger partial charge in [0.1, 0.15) is 11.5 Å². The zero-order valence-corrected chi connectivity index (χ0v) is 16.9. The van der Waals surface area contributed by atoms with Gasteiger partial charge in [-0.05, 0) is 66.9 Å². The van der Waals surface area contributed by atoms with Gasteiger partial charge in [-0.2, -0.15) is 0 Å². The minimum absolute atomic E-state index is 0.0131. The van der Waals surface area contributed by atoms with Crippen LogP contribution in [0.2, 0.25) is 0 Å². The Morgan fingerprint density at radius 2 is 1.47 bits per heavy atom. The summed E-state index contributed by atoms with van der Waals surface area (Å²) in [5.41, 5.74) is 2.26. The number of rotatable bonds is 7. The Kier molecular flexibility index (Phi) is 5.80. The van der Waals surface area contributed by atoms with E-state index in [-0.39, 0.29) is 17.9 Å². The molecule has 152 valence electrons. The molecule has 4 rings (SSSR count). The smallest absolute Gasteiger partial charge is 0.254 e. The number of ether oxygens (including phenoxy) is 1. The number of hydrogen-bond donors (Lipinski definition) is 1. The van der Waals surface area contributed by atoms with Gasteiger partial charge in [0.05, 0.1) is 0 Å². The first kappa shape index (κ1) is 19.7. The maximum atomic E-state index is 13.1. The number of benzene rings is 3. The summed E-state index contributed by atoms with van der Waals surface area (Å²) >= 11 is 0. The number of nitrogens with one attached hydrogen (secondary N) is 1. The quantitative estimate of drug-likeness (QED) is 0.628. The summed E-state index contributed by atoms with van der Waals surface area (Å²) < 4.78 is 5.81. The fourth-order valence-electron chi connectivity index (χ4n) is 3.31. The van der Waals surface area contributed by atoms with Crippen molar-refractivity contribution >= 4 is 11.8 Å². The molecule has 1 fully saturated rings. The number of nitrogens with zero attached hydrogens (tertiary/aromatic N) is 1. The Labute approximate surface area is 176 Å². The molecule has 0 heterocycles. The lowest BCUT2D eigenvalue weighted by atomic mass is 10.1. The number of carbonyl (C=O) groups is 2. The van der Waals surface area contributed by atoms with Crippen LogP contribution >= 0.6 is 0 Å². The Bertz CT molecular complexity index is 1010. The zero-order chi connectivity index (χ0) is 20.9. The molecule has 0 atom stereocenters. The van der Waals surface area contributed by atoms with Crippen molar-refractivity contribution in [2.45, 2.75) is 25.4 Å². The molecular formula is C25H24N2O3. The van der Waals surface area contributed by atoms with E-state index in [4.69, 9.17) is 4.74 Å². The summed E-state index contributed by atoms with van der Waals surface area (Å²) in [7, 11) is 1.61. The van der Waals surface area contributed by atoms with E-state index in [9.17, 15) is 9.59 Å². The zero-order valence-electron chi connectivity index (χ0n) is 16.9. The summed E-state index contributed by atoms with van der Waals surface area (Å²) in [5, 5.41) is 2.62. The van der Waals surface area contributed by atoms with Crippen LogP contribution in [-0.4, -0.2) is 29.8 Å². The van der Waals surface area contributed by atoms with E-state index in [0.29, 0.717) is 23.4 Å². The molecule has 3 aromatic carbocycles. The normalized spacial score (nSPS) is 12.8. The van der Waals surface area contributed by atoms with Crippen LogP contribution in [0.3, 0.4) is 0 Å². The fourth-order valence-corrected chi connectivity index (χ4v) is 3.31. The first-order valence-electron chi connectivity index (χ1n) is 10.1. The van der Waals surface area contributed by atoms with E-state index in [1.54, 1.807) is 19.2 Å². The summed E-state index contributed by atoms with van der Waals surface area (Å²) in [6.45, 7) is 0.528. The number of amides is 2. The molecule has 1 aliphatic rings. The molecule has 2 amide bonds. The number of para-hydroxylation sites is 1. The van der Waals surface area contributed by atoms with E-state index in [0.717, 1.165) is 24.2 Å². The second kappa shape index (κ2) is 8.82. The largest absolute Gasteiger partial charge is 0.457 e. The second-order valence-electron chi connectivity index (χ2n) is 7.38. The van der Waals surface area contributed by atoms with Gasteiger partial charge in [0.2, 0.25) is 0 Å². The van der Waals surface area contributed by atoms with Crippen LogP contribution in [0.15, 0.2) is 78.9 Å². The topological polar surface area (TPSA) is 58.6 Å². The maximum Gasteiger partial charge on any atom is 0.254 e. The van der Waals surface area contributed by atoms with Gasteiger partial charge in [0.15, 0.2) is 0 Å². The second-order valence-corrected chi connectivity index (χ2v) is 7.38. The van der Waals surface area contributed by atoms with Gasteiger partial charge in [-0.15, -0.1) is 0 Å². The molecule has 30 heavy (non-hydrogen) atoms. The number of hydrogen-bond acceptors (Lipinski definition) is 3. The van der Waals surface area contributed by atoms with Gasteiger partial charge in [-0.3, -0.25) is 9.59 Å². The highest BCUT2D eigenvalue weighted by molar-refractivity contribution is 5.95. The van der Waals surface area contributed by atoms with Crippen LogP contribution in [0.5, 0.6) is 11.5 Å². The van der Waals surface area contributed by atoms with E-state index in [2.05, 4.69) is 5.32 Å². The monoisotopic (exact) mass is 400 g/mol. The van der Waals surface area contributed by atoms with Gasteiger partial charge in [0, 0.05) is 30.8 Å². The molecule has 5 heteroatoms. The molecule has 0 aliphatic heterocycles. The molecule has 5 nitrogen and oxygen atoms in total. The molecule has 0 unspecified atom stereocenters. The average Bonchev–Trinajstić information content (AvgIpc) is 3.63. The predicted octanol–water partition coefficient (Wildman–Crippen LogP) is 4.64. The molecular weight excluding hydrogens is 376 g/mol. The fraction of sp³-hybridized carbons (Fsp3) is 0.200. The molecule has 0 spiro atoms. The van der Waals surface area contributed by atoms with Crippen LogP contribution in [0.1, 0.15) is 39.1 Å². The predicted molar refractivity (Wildman–Crippen MR) is 116 cm³/mol. The highest BCUT2D eigenvalue weighted by Gasteiger charge is 2.33. The van der Waals surface area contributed by atoms with Gasteiger partial charge >= 0.3 is 0 Å². The summed E-state index contributed by atoms with van der Waals surface area (Å²) in [6, 6.07) is 24.5. The van der Waals surface area contributed by atoms with Crippen molar-refractivity contribution in [1.29, 1.82) is 0 Å². The van der Waals surface area contributed by atoms with Gasteiger partial charge in [-0.1, -0.05) is 30.3 Å². The van der Waals surface area contributed by atoms with E-state index in [1.165, 1.54) is 0 Å². The molecule has 0 saturated heterocycles. The highest BCUT2D eigenvalue weighted by atomic mass is 16.5. The molecule has 1 N–H and O–H groups in total. The van der Waals surface area contributed by atoms with Crippen molar-refractivity contribution in [1.82, 2.24) is 10.2 Å². The Morgan fingerprint density at radius 3 is 2.07 bits per heavy atom. The van der Waals surface area contributed by atoms with Crippen molar-refractivity contribution in [2.24, 2.45) is 0 Å².